The fourth-order valence-corrected chi connectivity index (χ4v) is 1.56. The molecule has 114 valence electrons. The van der Waals surface area contributed by atoms with Gasteiger partial charge in [0, 0.05) is 12.5 Å². The van der Waals surface area contributed by atoms with Gasteiger partial charge in [-0.3, -0.25) is 11.3 Å². The highest BCUT2D eigenvalue weighted by atomic mass is 19.4. The van der Waals surface area contributed by atoms with Crippen molar-refractivity contribution in [3.8, 4) is 5.75 Å². The number of rotatable bonds is 5. The maximum Gasteiger partial charge on any atom is 0.573 e. The summed E-state index contributed by atoms with van der Waals surface area (Å²) < 4.78 is 75.8. The number of hydrazine groups is 1. The van der Waals surface area contributed by atoms with Crippen LogP contribution in [0.5, 0.6) is 5.75 Å². The maximum atomic E-state index is 12.1. The van der Waals surface area contributed by atoms with Gasteiger partial charge >= 0.3 is 12.5 Å². The summed E-state index contributed by atoms with van der Waals surface area (Å²) in [6.45, 7) is 0. The molecule has 0 spiro atoms. The number of halogens is 6. The van der Waals surface area contributed by atoms with E-state index in [1.54, 1.807) is 0 Å². The Morgan fingerprint density at radius 3 is 2.00 bits per heavy atom. The predicted octanol–water partition coefficient (Wildman–Crippen LogP) is 3.43. The second-order valence-corrected chi connectivity index (χ2v) is 3.99. The highest BCUT2D eigenvalue weighted by Crippen LogP contribution is 2.29. The van der Waals surface area contributed by atoms with Crippen molar-refractivity contribution < 1.29 is 31.1 Å². The first-order valence-corrected chi connectivity index (χ1v) is 5.49. The molecule has 0 saturated heterocycles. The first-order chi connectivity index (χ1) is 9.11. The van der Waals surface area contributed by atoms with E-state index in [1.165, 1.54) is 12.1 Å². The van der Waals surface area contributed by atoms with Crippen LogP contribution in [0.2, 0.25) is 0 Å². The molecule has 0 aliphatic heterocycles. The van der Waals surface area contributed by atoms with E-state index in [0.29, 0.717) is 5.56 Å². The molecule has 0 fully saturated rings. The zero-order chi connectivity index (χ0) is 15.4. The maximum absolute atomic E-state index is 12.1. The molecule has 0 radical (unpaired) electrons. The summed E-state index contributed by atoms with van der Waals surface area (Å²) in [4.78, 5) is 0. The largest absolute Gasteiger partial charge is 0.573 e. The Bertz CT molecular complexity index is 414. The van der Waals surface area contributed by atoms with Crippen LogP contribution in [0.1, 0.15) is 24.4 Å². The smallest absolute Gasteiger partial charge is 0.406 e. The van der Waals surface area contributed by atoms with E-state index in [2.05, 4.69) is 10.2 Å². The number of nitrogens with two attached hydrogens (primary N) is 1. The summed E-state index contributed by atoms with van der Waals surface area (Å²) in [6, 6.07) is 3.67. The molecule has 1 aromatic carbocycles. The van der Waals surface area contributed by atoms with E-state index in [1.807, 2.05) is 0 Å². The average Bonchev–Trinajstić information content (AvgIpc) is 2.28. The van der Waals surface area contributed by atoms with Crippen LogP contribution >= 0.6 is 0 Å². The predicted molar refractivity (Wildman–Crippen MR) is 58.5 cm³/mol. The Kier molecular flexibility index (Phi) is 5.23. The SMILES string of the molecule is NNC(CCC(F)(F)F)c1ccc(OC(F)(F)F)cc1. The Labute approximate surface area is 110 Å². The van der Waals surface area contributed by atoms with E-state index in [4.69, 9.17) is 5.84 Å². The van der Waals surface area contributed by atoms with Crippen molar-refractivity contribution in [3.63, 3.8) is 0 Å². The van der Waals surface area contributed by atoms with Crippen molar-refractivity contribution in [2.75, 3.05) is 0 Å². The van der Waals surface area contributed by atoms with Crippen LogP contribution in [-0.2, 0) is 0 Å². The molecular formula is C11H12F6N2O. The van der Waals surface area contributed by atoms with Gasteiger partial charge in [0.1, 0.15) is 5.75 Å². The lowest BCUT2D eigenvalue weighted by Gasteiger charge is -2.18. The molecule has 9 heteroatoms. The van der Waals surface area contributed by atoms with Crippen molar-refractivity contribution in [1.29, 1.82) is 0 Å². The molecule has 0 bridgehead atoms. The highest BCUT2D eigenvalue weighted by Gasteiger charge is 2.31. The lowest BCUT2D eigenvalue weighted by atomic mass is 10.0. The third-order valence-electron chi connectivity index (χ3n) is 2.43. The fraction of sp³-hybridized carbons (Fsp3) is 0.455. The summed E-state index contributed by atoms with van der Waals surface area (Å²) in [5.74, 6) is 4.69. The minimum absolute atomic E-state index is 0.320. The molecule has 0 aliphatic rings. The third-order valence-corrected chi connectivity index (χ3v) is 2.43. The van der Waals surface area contributed by atoms with Gasteiger partial charge in [-0.15, -0.1) is 13.2 Å². The van der Waals surface area contributed by atoms with Gasteiger partial charge in [0.05, 0.1) is 0 Å². The zero-order valence-corrected chi connectivity index (χ0v) is 10.1. The Hall–Kier alpha value is -1.48. The lowest BCUT2D eigenvalue weighted by molar-refractivity contribution is -0.274. The quantitative estimate of drug-likeness (QED) is 0.497. The van der Waals surface area contributed by atoms with E-state index in [9.17, 15) is 26.3 Å². The van der Waals surface area contributed by atoms with E-state index in [-0.39, 0.29) is 6.42 Å². The molecule has 0 amide bonds. The first-order valence-electron chi connectivity index (χ1n) is 5.49. The van der Waals surface area contributed by atoms with Crippen molar-refractivity contribution in [1.82, 2.24) is 5.43 Å². The number of alkyl halides is 6. The van der Waals surface area contributed by atoms with Gasteiger partial charge in [-0.25, -0.2) is 0 Å². The number of benzene rings is 1. The molecule has 1 rings (SSSR count). The average molecular weight is 302 g/mol. The molecule has 1 unspecified atom stereocenters. The number of ether oxygens (including phenoxy) is 1. The highest BCUT2D eigenvalue weighted by molar-refractivity contribution is 5.29. The number of hydrogen-bond donors (Lipinski definition) is 2. The summed E-state index contributed by atoms with van der Waals surface area (Å²) in [5.41, 5.74) is 2.53. The van der Waals surface area contributed by atoms with Gasteiger partial charge in [-0.2, -0.15) is 13.2 Å². The van der Waals surface area contributed by atoms with Gasteiger partial charge in [-0.05, 0) is 24.1 Å². The van der Waals surface area contributed by atoms with Crippen molar-refractivity contribution in [3.05, 3.63) is 29.8 Å². The molecule has 1 aromatic rings. The van der Waals surface area contributed by atoms with E-state index in [0.717, 1.165) is 12.1 Å². The van der Waals surface area contributed by atoms with Crippen LogP contribution in [0, 0.1) is 0 Å². The molecule has 3 N–H and O–H groups in total. The van der Waals surface area contributed by atoms with Crippen LogP contribution in [0.3, 0.4) is 0 Å². The van der Waals surface area contributed by atoms with Gasteiger partial charge in [0.2, 0.25) is 0 Å². The van der Waals surface area contributed by atoms with Gasteiger partial charge in [0.25, 0.3) is 0 Å². The normalized spacial score (nSPS) is 14.2. The Morgan fingerprint density at radius 2 is 1.60 bits per heavy atom. The van der Waals surface area contributed by atoms with Crippen LogP contribution in [0.15, 0.2) is 24.3 Å². The molecule has 1 atom stereocenters. The fourth-order valence-electron chi connectivity index (χ4n) is 1.56. The van der Waals surface area contributed by atoms with Crippen LogP contribution in [0.4, 0.5) is 26.3 Å². The van der Waals surface area contributed by atoms with Crippen molar-refractivity contribution >= 4 is 0 Å². The summed E-state index contributed by atoms with van der Waals surface area (Å²) in [7, 11) is 0. The Morgan fingerprint density at radius 1 is 1.05 bits per heavy atom. The third kappa shape index (κ3) is 6.11. The van der Waals surface area contributed by atoms with Gasteiger partial charge in [0.15, 0.2) is 0 Å². The molecule has 20 heavy (non-hydrogen) atoms. The van der Waals surface area contributed by atoms with Crippen LogP contribution in [-0.4, -0.2) is 12.5 Å². The summed E-state index contributed by atoms with van der Waals surface area (Å²) >= 11 is 0. The molecular weight excluding hydrogens is 290 g/mol. The van der Waals surface area contributed by atoms with E-state index >= 15 is 0 Å². The first kappa shape index (κ1) is 16.6. The van der Waals surface area contributed by atoms with Crippen LogP contribution < -0.4 is 16.0 Å². The minimum atomic E-state index is -4.82. The van der Waals surface area contributed by atoms with Crippen LogP contribution in [0.25, 0.3) is 0 Å². The Balaban J connectivity index is 2.70. The molecule has 0 aliphatic carbocycles. The molecule has 0 heterocycles. The summed E-state index contributed by atoms with van der Waals surface area (Å²) in [6.07, 6.45) is -10.5. The molecule has 0 aromatic heterocycles. The van der Waals surface area contributed by atoms with E-state index < -0.39 is 30.8 Å². The van der Waals surface area contributed by atoms with Gasteiger partial charge in [-0.1, -0.05) is 12.1 Å². The zero-order valence-electron chi connectivity index (χ0n) is 10.1. The van der Waals surface area contributed by atoms with Gasteiger partial charge < -0.3 is 4.74 Å². The monoisotopic (exact) mass is 302 g/mol. The topological polar surface area (TPSA) is 47.3 Å². The molecule has 0 saturated carbocycles. The lowest BCUT2D eigenvalue weighted by Crippen LogP contribution is -2.29. The number of nitrogens with one attached hydrogen (secondary N) is 1. The standard InChI is InChI=1S/C11H12F6N2O/c12-10(13,14)6-5-9(19-18)7-1-3-8(4-2-7)20-11(15,16)17/h1-4,9,19H,5-6,18H2. The summed E-state index contributed by atoms with van der Waals surface area (Å²) in [5, 5.41) is 0. The second kappa shape index (κ2) is 6.31. The second-order valence-electron chi connectivity index (χ2n) is 3.99. The minimum Gasteiger partial charge on any atom is -0.406 e. The van der Waals surface area contributed by atoms with Crippen molar-refractivity contribution in [2.45, 2.75) is 31.4 Å². The molecule has 3 nitrogen and oxygen atoms in total. The van der Waals surface area contributed by atoms with Crippen molar-refractivity contribution in [2.24, 2.45) is 5.84 Å². The number of hydrogen-bond acceptors (Lipinski definition) is 3.